The highest BCUT2D eigenvalue weighted by atomic mass is 32.2. The van der Waals surface area contributed by atoms with Crippen LogP contribution in [0.2, 0.25) is 0 Å². The highest BCUT2D eigenvalue weighted by Crippen LogP contribution is 2.32. The Morgan fingerprint density at radius 1 is 0.967 bits per heavy atom. The van der Waals surface area contributed by atoms with E-state index in [0.717, 1.165) is 4.68 Å². The Bertz CT molecular complexity index is 1450. The van der Waals surface area contributed by atoms with Crippen LogP contribution in [0.3, 0.4) is 0 Å². The Balaban J connectivity index is 2.15. The second-order valence-electron chi connectivity index (χ2n) is 6.74. The molecular weight excluding hydrogens is 405 g/mol. The first-order valence-electron chi connectivity index (χ1n) is 9.25. The van der Waals surface area contributed by atoms with Crippen molar-refractivity contribution in [2.75, 3.05) is 0 Å². The largest absolute Gasteiger partial charge is 0.279 e. The average molecular weight is 423 g/mol. The van der Waals surface area contributed by atoms with Gasteiger partial charge in [0.2, 0.25) is 10.0 Å². The van der Waals surface area contributed by atoms with Gasteiger partial charge in [-0.3, -0.25) is 4.79 Å². The molecule has 1 aromatic heterocycles. The molecule has 3 aromatic carbocycles. The van der Waals surface area contributed by atoms with Gasteiger partial charge in [-0.25, -0.2) is 17.9 Å². The van der Waals surface area contributed by atoms with Crippen LogP contribution in [-0.2, 0) is 16.4 Å². The van der Waals surface area contributed by atoms with E-state index in [1.807, 2.05) is 6.92 Å². The number of aromatic nitrogens is 2. The molecule has 0 aliphatic rings. The third kappa shape index (κ3) is 3.30. The summed E-state index contributed by atoms with van der Waals surface area (Å²) in [6.45, 7) is 1.81. The van der Waals surface area contributed by atoms with E-state index in [2.05, 4.69) is 5.10 Å². The molecule has 0 saturated carbocycles. The van der Waals surface area contributed by atoms with Gasteiger partial charge in [0, 0.05) is 10.9 Å². The lowest BCUT2D eigenvalue weighted by atomic mass is 9.98. The summed E-state index contributed by atoms with van der Waals surface area (Å²) in [5, 5.41) is 10.7. The van der Waals surface area contributed by atoms with Gasteiger partial charge in [-0.1, -0.05) is 49.4 Å². The van der Waals surface area contributed by atoms with Gasteiger partial charge in [0.1, 0.15) is 11.5 Å². The average Bonchev–Trinajstić information content (AvgIpc) is 2.74. The number of rotatable bonds is 4. The lowest BCUT2D eigenvalue weighted by molar-refractivity contribution is 0.596. The van der Waals surface area contributed by atoms with Crippen molar-refractivity contribution < 1.29 is 12.8 Å². The summed E-state index contributed by atoms with van der Waals surface area (Å²) in [6.07, 6.45) is 0.372. The molecule has 30 heavy (non-hydrogen) atoms. The van der Waals surface area contributed by atoms with Crippen molar-refractivity contribution in [2.24, 2.45) is 5.14 Å². The highest BCUT2D eigenvalue weighted by molar-refractivity contribution is 7.89. The van der Waals surface area contributed by atoms with Crippen LogP contribution in [0.15, 0.2) is 76.4 Å². The van der Waals surface area contributed by atoms with Gasteiger partial charge in [0.25, 0.3) is 5.56 Å². The summed E-state index contributed by atoms with van der Waals surface area (Å²) in [4.78, 5) is 13.1. The van der Waals surface area contributed by atoms with Gasteiger partial charge in [-0.2, -0.15) is 9.78 Å². The molecule has 0 bridgehead atoms. The minimum atomic E-state index is -3.96. The second-order valence-corrected chi connectivity index (χ2v) is 8.27. The molecule has 6 nitrogen and oxygen atoms in total. The fraction of sp³-hybridized carbons (Fsp3) is 0.0909. The number of hydrogen-bond donors (Lipinski definition) is 1. The zero-order valence-corrected chi connectivity index (χ0v) is 16.9. The molecule has 0 aliphatic carbocycles. The molecule has 4 rings (SSSR count). The second kappa shape index (κ2) is 7.47. The molecule has 2 N–H and O–H groups in total. The third-order valence-corrected chi connectivity index (χ3v) is 5.93. The van der Waals surface area contributed by atoms with E-state index >= 15 is 0 Å². The first-order chi connectivity index (χ1) is 14.3. The minimum Gasteiger partial charge on any atom is -0.267 e. The summed E-state index contributed by atoms with van der Waals surface area (Å²) >= 11 is 0. The normalized spacial score (nSPS) is 11.7. The van der Waals surface area contributed by atoms with Crippen molar-refractivity contribution in [1.82, 2.24) is 9.78 Å². The van der Waals surface area contributed by atoms with Crippen LogP contribution in [0.4, 0.5) is 4.39 Å². The molecule has 4 aromatic rings. The zero-order chi connectivity index (χ0) is 21.5. The number of halogens is 1. The molecule has 0 unspecified atom stereocenters. The number of para-hydroxylation sites is 1. The van der Waals surface area contributed by atoms with Crippen LogP contribution in [0, 0.1) is 5.82 Å². The first kappa shape index (κ1) is 19.9. The SMILES string of the molecule is CCc1c(-c2nn(-c3ccccc3F)c(=O)c3ccccc23)cccc1S(N)(=O)=O. The first-order valence-corrected chi connectivity index (χ1v) is 10.8. The van der Waals surface area contributed by atoms with E-state index in [0.29, 0.717) is 34.0 Å². The van der Waals surface area contributed by atoms with Gasteiger partial charge in [-0.05, 0) is 36.2 Å². The van der Waals surface area contributed by atoms with Crippen molar-refractivity contribution in [3.05, 3.63) is 88.5 Å². The Kier molecular flexibility index (Phi) is 4.97. The third-order valence-electron chi connectivity index (χ3n) is 4.93. The number of nitrogens with zero attached hydrogens (tertiary/aromatic N) is 2. The predicted octanol–water partition coefficient (Wildman–Crippen LogP) is 3.40. The van der Waals surface area contributed by atoms with Crippen LogP contribution in [0.5, 0.6) is 0 Å². The van der Waals surface area contributed by atoms with Gasteiger partial charge in [-0.15, -0.1) is 0 Å². The maximum Gasteiger partial charge on any atom is 0.279 e. The topological polar surface area (TPSA) is 95.0 Å². The van der Waals surface area contributed by atoms with E-state index in [-0.39, 0.29) is 10.6 Å². The van der Waals surface area contributed by atoms with Crippen molar-refractivity contribution in [1.29, 1.82) is 0 Å². The Morgan fingerprint density at radius 2 is 1.63 bits per heavy atom. The summed E-state index contributed by atoms with van der Waals surface area (Å²) in [5.41, 5.74) is 0.910. The molecule has 0 amide bonds. The molecule has 0 atom stereocenters. The summed E-state index contributed by atoms with van der Waals surface area (Å²) in [7, 11) is -3.96. The van der Waals surface area contributed by atoms with E-state index in [1.165, 1.54) is 24.3 Å². The molecule has 152 valence electrons. The molecule has 0 fully saturated rings. The van der Waals surface area contributed by atoms with Gasteiger partial charge in [0.05, 0.1) is 16.0 Å². The van der Waals surface area contributed by atoms with E-state index in [1.54, 1.807) is 42.5 Å². The number of hydrogen-bond acceptors (Lipinski definition) is 4. The number of primary sulfonamides is 1. The molecule has 0 saturated heterocycles. The van der Waals surface area contributed by atoms with Crippen molar-refractivity contribution in [2.45, 2.75) is 18.2 Å². The predicted molar refractivity (Wildman–Crippen MR) is 113 cm³/mol. The summed E-state index contributed by atoms with van der Waals surface area (Å²) in [6, 6.07) is 17.4. The molecule has 1 heterocycles. The molecule has 8 heteroatoms. The molecule has 0 spiro atoms. The van der Waals surface area contributed by atoms with Crippen molar-refractivity contribution in [3.63, 3.8) is 0 Å². The molecular formula is C22H18FN3O3S. The molecule has 0 radical (unpaired) electrons. The standard InChI is InChI=1S/C22H18FN3O3S/c1-2-14-15(10-7-13-20(14)30(24,28)29)21-16-8-3-4-9-17(16)22(27)26(25-21)19-12-6-5-11-18(19)23/h3-13H,2H2,1H3,(H2,24,28,29). The van der Waals surface area contributed by atoms with E-state index < -0.39 is 21.4 Å². The van der Waals surface area contributed by atoms with Crippen LogP contribution in [0.1, 0.15) is 12.5 Å². The Labute approximate surface area is 172 Å². The lowest BCUT2D eigenvalue weighted by Crippen LogP contribution is -2.23. The van der Waals surface area contributed by atoms with Crippen molar-refractivity contribution in [3.8, 4) is 16.9 Å². The maximum atomic E-state index is 14.5. The van der Waals surface area contributed by atoms with Gasteiger partial charge in [0.15, 0.2) is 0 Å². The lowest BCUT2D eigenvalue weighted by Gasteiger charge is -2.15. The Morgan fingerprint density at radius 3 is 2.30 bits per heavy atom. The van der Waals surface area contributed by atoms with Gasteiger partial charge < -0.3 is 0 Å². The monoisotopic (exact) mass is 423 g/mol. The highest BCUT2D eigenvalue weighted by Gasteiger charge is 2.21. The van der Waals surface area contributed by atoms with Crippen molar-refractivity contribution >= 4 is 20.8 Å². The quantitative estimate of drug-likeness (QED) is 0.544. The van der Waals surface area contributed by atoms with Crippen LogP contribution >= 0.6 is 0 Å². The zero-order valence-electron chi connectivity index (χ0n) is 16.0. The maximum absolute atomic E-state index is 14.5. The van der Waals surface area contributed by atoms with E-state index in [4.69, 9.17) is 5.14 Å². The van der Waals surface area contributed by atoms with Crippen LogP contribution in [-0.4, -0.2) is 18.2 Å². The Hall–Kier alpha value is -3.36. The minimum absolute atomic E-state index is 0.00276. The summed E-state index contributed by atoms with van der Waals surface area (Å²) in [5.74, 6) is -0.595. The number of nitrogens with two attached hydrogens (primary N) is 1. The van der Waals surface area contributed by atoms with Crippen LogP contribution in [0.25, 0.3) is 27.7 Å². The van der Waals surface area contributed by atoms with E-state index in [9.17, 15) is 17.6 Å². The van der Waals surface area contributed by atoms with Crippen LogP contribution < -0.4 is 10.7 Å². The number of fused-ring (bicyclic) bond motifs is 1. The smallest absolute Gasteiger partial charge is 0.267 e. The number of sulfonamides is 1. The fourth-order valence-electron chi connectivity index (χ4n) is 3.59. The number of benzene rings is 3. The molecule has 0 aliphatic heterocycles. The van der Waals surface area contributed by atoms with Gasteiger partial charge >= 0.3 is 0 Å². The fourth-order valence-corrected chi connectivity index (χ4v) is 4.46. The summed E-state index contributed by atoms with van der Waals surface area (Å²) < 4.78 is 39.7.